The second-order valence-electron chi connectivity index (χ2n) is 6.49. The average molecular weight is 287 g/mol. The van der Waals surface area contributed by atoms with Crippen molar-refractivity contribution in [1.82, 2.24) is 4.90 Å². The predicted molar refractivity (Wildman–Crippen MR) is 79.2 cm³/mol. The van der Waals surface area contributed by atoms with Gasteiger partial charge in [0.15, 0.2) is 0 Å². The molecule has 0 radical (unpaired) electrons. The normalized spacial score (nSPS) is 19.0. The third kappa shape index (κ3) is 2.67. The van der Waals surface area contributed by atoms with Gasteiger partial charge in [-0.15, -0.1) is 0 Å². The number of hydrogen-bond donors (Lipinski definition) is 1. The number of rotatable bonds is 5. The molecular weight excluding hydrogens is 266 g/mol. The monoisotopic (exact) mass is 287 g/mol. The van der Waals surface area contributed by atoms with E-state index in [4.69, 9.17) is 5.11 Å². The third-order valence-electron chi connectivity index (χ3n) is 4.60. The number of carboxylic acid groups (broad SMARTS) is 1. The first-order valence-corrected chi connectivity index (χ1v) is 7.63. The summed E-state index contributed by atoms with van der Waals surface area (Å²) in [4.78, 5) is 25.4. The minimum Gasteiger partial charge on any atom is -0.481 e. The van der Waals surface area contributed by atoms with Crippen LogP contribution in [0.5, 0.6) is 0 Å². The zero-order valence-electron chi connectivity index (χ0n) is 12.5. The lowest BCUT2D eigenvalue weighted by molar-refractivity contribution is -0.137. The molecule has 1 aliphatic carbocycles. The summed E-state index contributed by atoms with van der Waals surface area (Å²) < 4.78 is 0. The molecule has 21 heavy (non-hydrogen) atoms. The van der Waals surface area contributed by atoms with Gasteiger partial charge in [0.2, 0.25) is 0 Å². The topological polar surface area (TPSA) is 57.6 Å². The smallest absolute Gasteiger partial charge is 0.303 e. The lowest BCUT2D eigenvalue weighted by Crippen LogP contribution is -2.30. The number of hydrogen-bond acceptors (Lipinski definition) is 2. The fraction of sp³-hybridized carbons (Fsp3) is 0.529. The van der Waals surface area contributed by atoms with E-state index in [1.807, 2.05) is 36.9 Å². The van der Waals surface area contributed by atoms with Gasteiger partial charge in [-0.3, -0.25) is 9.59 Å². The molecule has 0 saturated heterocycles. The maximum Gasteiger partial charge on any atom is 0.303 e. The van der Waals surface area contributed by atoms with Crippen molar-refractivity contribution >= 4 is 11.9 Å². The van der Waals surface area contributed by atoms with Crippen LogP contribution in [0.3, 0.4) is 0 Å². The lowest BCUT2D eigenvalue weighted by Gasteiger charge is -2.19. The van der Waals surface area contributed by atoms with Crippen molar-refractivity contribution in [2.24, 2.45) is 5.92 Å². The van der Waals surface area contributed by atoms with Crippen LogP contribution in [0.4, 0.5) is 0 Å². The van der Waals surface area contributed by atoms with Crippen LogP contribution in [-0.4, -0.2) is 27.9 Å². The molecule has 112 valence electrons. The molecular formula is C17H21NO3. The number of benzene rings is 1. The Bertz CT molecular complexity index is 590. The molecule has 4 heteroatoms. The Labute approximate surface area is 124 Å². The molecule has 4 nitrogen and oxygen atoms in total. The maximum atomic E-state index is 12.4. The van der Waals surface area contributed by atoms with Gasteiger partial charge in [-0.2, -0.15) is 0 Å². The molecule has 1 aromatic carbocycles. The van der Waals surface area contributed by atoms with Crippen molar-refractivity contribution in [3.63, 3.8) is 0 Å². The number of carbonyl (C=O) groups is 2. The van der Waals surface area contributed by atoms with Gasteiger partial charge in [0.05, 0.1) is 6.42 Å². The van der Waals surface area contributed by atoms with E-state index in [1.165, 1.54) is 0 Å². The molecule has 1 aromatic rings. The summed E-state index contributed by atoms with van der Waals surface area (Å²) in [5.41, 5.74) is 2.83. The standard InChI is InChI=1S/C17H21NO3/c1-10(2)18-9-13-6-5-12(7-15(13)17(18)21)14(8-16(19)20)11-3-4-11/h5-7,10-11,14H,3-4,8-9H2,1-2H3,(H,19,20). The summed E-state index contributed by atoms with van der Waals surface area (Å²) in [5.74, 6) is -0.167. The van der Waals surface area contributed by atoms with Crippen LogP contribution in [0, 0.1) is 5.92 Å². The van der Waals surface area contributed by atoms with Crippen LogP contribution in [0.25, 0.3) is 0 Å². The second-order valence-corrected chi connectivity index (χ2v) is 6.49. The van der Waals surface area contributed by atoms with E-state index in [9.17, 15) is 9.59 Å². The Morgan fingerprint density at radius 2 is 2.10 bits per heavy atom. The number of carboxylic acids is 1. The molecule has 1 N–H and O–H groups in total. The van der Waals surface area contributed by atoms with E-state index in [2.05, 4.69) is 0 Å². The Hall–Kier alpha value is -1.84. The van der Waals surface area contributed by atoms with E-state index in [-0.39, 0.29) is 24.3 Å². The Balaban J connectivity index is 1.90. The minimum absolute atomic E-state index is 0.0497. The summed E-state index contributed by atoms with van der Waals surface area (Å²) >= 11 is 0. The van der Waals surface area contributed by atoms with Crippen LogP contribution < -0.4 is 0 Å². The van der Waals surface area contributed by atoms with Crippen LogP contribution in [0.1, 0.15) is 60.5 Å². The molecule has 1 atom stereocenters. The lowest BCUT2D eigenvalue weighted by atomic mass is 9.89. The fourth-order valence-electron chi connectivity index (χ4n) is 3.23. The zero-order valence-corrected chi connectivity index (χ0v) is 12.5. The number of nitrogens with zero attached hydrogens (tertiary/aromatic N) is 1. The van der Waals surface area contributed by atoms with E-state index in [0.29, 0.717) is 12.5 Å². The highest BCUT2D eigenvalue weighted by Gasteiger charge is 2.35. The van der Waals surface area contributed by atoms with Gasteiger partial charge in [0.25, 0.3) is 5.91 Å². The van der Waals surface area contributed by atoms with Crippen LogP contribution >= 0.6 is 0 Å². The number of carbonyl (C=O) groups excluding carboxylic acids is 1. The van der Waals surface area contributed by atoms with Crippen molar-refractivity contribution in [3.05, 3.63) is 34.9 Å². The van der Waals surface area contributed by atoms with Gasteiger partial charge in [0.1, 0.15) is 0 Å². The molecule has 1 saturated carbocycles. The minimum atomic E-state index is -0.762. The molecule has 0 spiro atoms. The molecule has 1 unspecified atom stereocenters. The Kier molecular flexibility index (Phi) is 3.47. The van der Waals surface area contributed by atoms with E-state index in [1.54, 1.807) is 0 Å². The summed E-state index contributed by atoms with van der Waals surface area (Å²) in [5, 5.41) is 9.11. The van der Waals surface area contributed by atoms with Gasteiger partial charge in [-0.25, -0.2) is 0 Å². The summed E-state index contributed by atoms with van der Waals surface area (Å²) in [6, 6.07) is 6.14. The van der Waals surface area contributed by atoms with Crippen LogP contribution in [0.15, 0.2) is 18.2 Å². The summed E-state index contributed by atoms with van der Waals surface area (Å²) in [6.45, 7) is 4.70. The Morgan fingerprint density at radius 3 is 2.67 bits per heavy atom. The molecule has 1 heterocycles. The van der Waals surface area contributed by atoms with E-state index < -0.39 is 5.97 Å². The van der Waals surface area contributed by atoms with Crippen LogP contribution in [0.2, 0.25) is 0 Å². The second kappa shape index (κ2) is 5.17. The highest BCUT2D eigenvalue weighted by Crippen LogP contribution is 2.45. The fourth-order valence-corrected chi connectivity index (χ4v) is 3.23. The average Bonchev–Trinajstić information content (AvgIpc) is 3.20. The van der Waals surface area contributed by atoms with Crippen molar-refractivity contribution < 1.29 is 14.7 Å². The molecule has 1 aliphatic heterocycles. The number of amides is 1. The predicted octanol–water partition coefficient (Wildman–Crippen LogP) is 3.02. The van der Waals surface area contributed by atoms with Gasteiger partial charge in [-0.05, 0) is 55.7 Å². The SMILES string of the molecule is CC(C)N1Cc2ccc(C(CC(=O)O)C3CC3)cc2C1=O. The van der Waals surface area contributed by atoms with Crippen molar-refractivity contribution in [2.45, 2.75) is 51.6 Å². The van der Waals surface area contributed by atoms with Gasteiger partial charge >= 0.3 is 5.97 Å². The van der Waals surface area contributed by atoms with Gasteiger partial charge in [-0.1, -0.05) is 12.1 Å². The molecule has 1 amide bonds. The molecule has 3 rings (SSSR count). The molecule has 0 bridgehead atoms. The molecule has 1 fully saturated rings. The van der Waals surface area contributed by atoms with Gasteiger partial charge in [0, 0.05) is 18.2 Å². The molecule has 2 aliphatic rings. The van der Waals surface area contributed by atoms with E-state index >= 15 is 0 Å². The zero-order chi connectivity index (χ0) is 15.1. The first-order chi connectivity index (χ1) is 9.97. The Morgan fingerprint density at radius 1 is 1.38 bits per heavy atom. The van der Waals surface area contributed by atoms with E-state index in [0.717, 1.165) is 29.5 Å². The highest BCUT2D eigenvalue weighted by molar-refractivity contribution is 5.98. The third-order valence-corrected chi connectivity index (χ3v) is 4.60. The quantitative estimate of drug-likeness (QED) is 0.905. The van der Waals surface area contributed by atoms with Crippen molar-refractivity contribution in [2.75, 3.05) is 0 Å². The van der Waals surface area contributed by atoms with Crippen molar-refractivity contribution in [1.29, 1.82) is 0 Å². The first kappa shape index (κ1) is 14.1. The van der Waals surface area contributed by atoms with Crippen LogP contribution in [-0.2, 0) is 11.3 Å². The number of aliphatic carboxylic acids is 1. The van der Waals surface area contributed by atoms with Crippen molar-refractivity contribution in [3.8, 4) is 0 Å². The molecule has 0 aromatic heterocycles. The summed E-state index contributed by atoms with van der Waals surface area (Å²) in [7, 11) is 0. The largest absolute Gasteiger partial charge is 0.481 e. The number of fused-ring (bicyclic) bond motifs is 1. The first-order valence-electron chi connectivity index (χ1n) is 7.63. The van der Waals surface area contributed by atoms with Gasteiger partial charge < -0.3 is 10.0 Å². The maximum absolute atomic E-state index is 12.4. The highest BCUT2D eigenvalue weighted by atomic mass is 16.4. The summed E-state index contributed by atoms with van der Waals surface area (Å²) in [6.07, 6.45) is 2.35.